The van der Waals surface area contributed by atoms with Crippen molar-refractivity contribution in [2.45, 2.75) is 78.6 Å². The summed E-state index contributed by atoms with van der Waals surface area (Å²) in [7, 11) is 0. The third kappa shape index (κ3) is 11.4. The SMILES string of the molecule is [2H]c1c([2H])c(-n2c3c([2H])c([2H])c([2H])c([2H])c3c3c([2H])c(-c4cccc5ccccc45)c([2H])c([2H])c32)c([2H])c2c1B1c3c(cc(C(C)(C)C)cc3N(c3c(-c4ccccc4)cc(C(C)(C)C)cc3-c3ccccc3)c3c([2H])c(-n4c5c([2H])c([2H])c([2H])c([2H])c5c5c([2H])c(-c6cccc7ccccc67)c([2H])c([2H])c54)c([2H])c([2H])c31)N2c1c(-c2ccccc2)cc(C(C)(C)C)cc1-c1ccccc1. The molecule has 0 N–H and O–H groups in total. The van der Waals surface area contributed by atoms with Gasteiger partial charge in [-0.15, -0.1) is 0 Å². The maximum absolute atomic E-state index is 12.1. The highest BCUT2D eigenvalue weighted by Crippen LogP contribution is 2.56. The summed E-state index contributed by atoms with van der Waals surface area (Å²) in [5.74, 6) is 0. The fraction of sp³-hybridized carbons (Fsp3) is 0.109. The Balaban J connectivity index is 1.01. The van der Waals surface area contributed by atoms with E-state index in [1.165, 1.54) is 9.13 Å². The van der Waals surface area contributed by atoms with E-state index in [0.717, 1.165) is 21.9 Å². The van der Waals surface area contributed by atoms with Crippen molar-refractivity contribution < 1.29 is 27.4 Å². The van der Waals surface area contributed by atoms with Crippen LogP contribution in [0.3, 0.4) is 0 Å². The zero-order chi connectivity index (χ0) is 95.2. The molecule has 0 unspecified atom stereocenters. The average molecular weight is 1500 g/mol. The van der Waals surface area contributed by atoms with Crippen molar-refractivity contribution >= 4 is 122 Å². The molecule has 19 aromatic rings. The van der Waals surface area contributed by atoms with Gasteiger partial charge in [0.2, 0.25) is 0 Å². The van der Waals surface area contributed by atoms with Gasteiger partial charge in [0, 0.05) is 77.9 Å². The molecule has 0 spiro atoms. The number of hydrogen-bond donors (Lipinski definition) is 0. The minimum absolute atomic E-state index is 0.0248. The van der Waals surface area contributed by atoms with Crippen LogP contribution in [0.4, 0.5) is 34.1 Å². The zero-order valence-electron chi connectivity index (χ0n) is 85.0. The Morgan fingerprint density at radius 3 is 0.965 bits per heavy atom. The molecule has 0 aliphatic carbocycles. The van der Waals surface area contributed by atoms with Crippen LogP contribution in [0.1, 0.15) is 106 Å². The number of para-hydroxylation sites is 2. The summed E-state index contributed by atoms with van der Waals surface area (Å²) in [5, 5.41) is 1.87. The summed E-state index contributed by atoms with van der Waals surface area (Å²) < 4.78 is 214. The van der Waals surface area contributed by atoms with Crippen LogP contribution in [0.2, 0.25) is 0 Å². The van der Waals surface area contributed by atoms with Gasteiger partial charge < -0.3 is 18.9 Å². The Hall–Kier alpha value is -13.5. The summed E-state index contributed by atoms with van der Waals surface area (Å²) in [6, 6.07) is 65.0. The standard InChI is InChI=1S/C110H87BN4/c1-108(2,3)78-62-89(72-32-14-10-15-33-72)106(90(63-78)73-34-16-11-17-35-73)114-101-68-81(112-97-50-28-26-46-87(97)93-60-76(52-58-99(93)112)85-48-30-42-70-40-22-24-44-83(70)85)54-56-95(101)111-96-57-55-82(113-98-51-29-27-47-88(98)94-61-77(53-59-100(94)113)86-49-31-43-71-41-23-25-45-84(71)86)69-102(96)115(104-67-80(110(7,8)9)66-103(114)105(104)111)107-91(74-36-18-12-19-37-74)64-79(109(4,5)6)65-92(107)75-38-20-13-21-39-75/h10-69H,1-9H3/i26D,27D,28D,29D,46D,47D,50D,51D,52D,53D,54D,55D,56D,57D,58D,59D,60D,61D,68D,69D. The Morgan fingerprint density at radius 2 is 0.591 bits per heavy atom. The molecule has 5 heteroatoms. The first-order chi connectivity index (χ1) is 64.3. The summed E-state index contributed by atoms with van der Waals surface area (Å²) in [6.45, 7) is 17.3. The molecule has 0 radical (unpaired) electrons. The average Bonchev–Trinajstić information content (AvgIpc) is 1.43. The first-order valence-electron chi connectivity index (χ1n) is 49.0. The monoisotopic (exact) mass is 1490 g/mol. The van der Waals surface area contributed by atoms with Crippen LogP contribution in [-0.2, 0) is 16.2 Å². The maximum atomic E-state index is 12.1. The second-order valence-corrected chi connectivity index (χ2v) is 33.2. The van der Waals surface area contributed by atoms with Gasteiger partial charge in [0.15, 0.2) is 0 Å². The Bertz CT molecular complexity index is 7820. The van der Waals surface area contributed by atoms with E-state index < -0.39 is 143 Å². The van der Waals surface area contributed by atoms with Crippen molar-refractivity contribution in [1.29, 1.82) is 0 Å². The molecule has 4 nitrogen and oxygen atoms in total. The Morgan fingerprint density at radius 1 is 0.261 bits per heavy atom. The number of anilines is 6. The lowest BCUT2D eigenvalue weighted by atomic mass is 9.33. The molecule has 0 fully saturated rings. The third-order valence-corrected chi connectivity index (χ3v) is 23.0. The van der Waals surface area contributed by atoms with Crippen molar-refractivity contribution in [2.75, 3.05) is 9.80 Å². The lowest BCUT2D eigenvalue weighted by molar-refractivity contribution is 0.590. The Labute approximate surface area is 702 Å². The lowest BCUT2D eigenvalue weighted by Crippen LogP contribution is -2.61. The fourth-order valence-corrected chi connectivity index (χ4v) is 17.2. The van der Waals surface area contributed by atoms with Gasteiger partial charge in [0.1, 0.15) is 0 Å². The number of nitrogens with zero attached hydrogens (tertiary/aromatic N) is 4. The molecule has 2 aliphatic rings. The van der Waals surface area contributed by atoms with Crippen LogP contribution < -0.4 is 26.2 Å². The van der Waals surface area contributed by atoms with Crippen molar-refractivity contribution in [1.82, 2.24) is 9.13 Å². The predicted octanol–water partition coefficient (Wildman–Crippen LogP) is 28.2. The number of rotatable bonds is 10. The highest BCUT2D eigenvalue weighted by atomic mass is 15.2. The Kier molecular flexibility index (Phi) is 11.8. The van der Waals surface area contributed by atoms with Gasteiger partial charge in [0.05, 0.1) is 60.9 Å². The van der Waals surface area contributed by atoms with E-state index in [2.05, 4.69) is 86.6 Å². The van der Waals surface area contributed by atoms with Gasteiger partial charge in [-0.05, 0) is 212 Å². The summed E-state index contributed by atoms with van der Waals surface area (Å²) >= 11 is 0. The van der Waals surface area contributed by atoms with E-state index in [-0.39, 0.29) is 89.1 Å². The molecule has 4 heterocycles. The van der Waals surface area contributed by atoms with Crippen LogP contribution in [0.25, 0.3) is 143 Å². The van der Waals surface area contributed by atoms with Gasteiger partial charge in [-0.25, -0.2) is 0 Å². The number of fused-ring (bicyclic) bond motifs is 12. The van der Waals surface area contributed by atoms with Crippen molar-refractivity contribution in [3.63, 3.8) is 0 Å². The topological polar surface area (TPSA) is 16.3 Å². The molecule has 2 aromatic heterocycles. The molecule has 0 bridgehead atoms. The summed E-state index contributed by atoms with van der Waals surface area (Å²) in [6.07, 6.45) is 0. The maximum Gasteiger partial charge on any atom is 0.252 e. The second kappa shape index (κ2) is 26.6. The molecule has 0 saturated heterocycles. The van der Waals surface area contributed by atoms with E-state index >= 15 is 0 Å². The molecule has 0 saturated carbocycles. The van der Waals surface area contributed by atoms with Gasteiger partial charge in [-0.2, -0.15) is 0 Å². The van der Waals surface area contributed by atoms with E-state index in [9.17, 15) is 27.4 Å². The van der Waals surface area contributed by atoms with E-state index in [1.54, 1.807) is 24.3 Å². The third-order valence-electron chi connectivity index (χ3n) is 23.0. The molecule has 115 heavy (non-hydrogen) atoms. The molecular formula is C110H87BN4. The number of benzene rings is 17. The number of hydrogen-bond acceptors (Lipinski definition) is 2. The molecule has 0 amide bonds. The molecule has 0 atom stereocenters. The normalized spacial score (nSPS) is 15.3. The largest absolute Gasteiger partial charge is 0.310 e. The minimum atomic E-state index is -1.63. The van der Waals surface area contributed by atoms with Crippen molar-refractivity contribution in [3.8, 4) is 78.1 Å². The minimum Gasteiger partial charge on any atom is -0.310 e. The van der Waals surface area contributed by atoms with Crippen LogP contribution in [-0.4, -0.2) is 15.8 Å². The first kappa shape index (κ1) is 51.2. The van der Waals surface area contributed by atoms with E-state index in [1.807, 2.05) is 204 Å². The fourth-order valence-electron chi connectivity index (χ4n) is 17.2. The van der Waals surface area contributed by atoms with Crippen LogP contribution in [0.5, 0.6) is 0 Å². The molecule has 2 aliphatic heterocycles. The zero-order valence-corrected chi connectivity index (χ0v) is 65.0. The van der Waals surface area contributed by atoms with E-state index in [0.29, 0.717) is 100 Å². The van der Waals surface area contributed by atoms with Crippen LogP contribution >= 0.6 is 0 Å². The molecule has 21 rings (SSSR count). The first-order valence-corrected chi connectivity index (χ1v) is 39.0. The molecule has 17 aromatic carbocycles. The summed E-state index contributed by atoms with van der Waals surface area (Å²) in [4.78, 5) is 3.90. The molecule has 550 valence electrons. The highest BCUT2D eigenvalue weighted by Gasteiger charge is 2.47. The van der Waals surface area contributed by atoms with Gasteiger partial charge in [-0.3, -0.25) is 0 Å². The summed E-state index contributed by atoms with van der Waals surface area (Å²) in [5.41, 5.74) is 5.49. The van der Waals surface area contributed by atoms with Crippen LogP contribution in [0.15, 0.2) is 364 Å². The highest BCUT2D eigenvalue weighted by molar-refractivity contribution is 7.00. The quantitative estimate of drug-likeness (QED) is 0.127. The second-order valence-electron chi connectivity index (χ2n) is 33.2. The van der Waals surface area contributed by atoms with Gasteiger partial charge >= 0.3 is 0 Å². The van der Waals surface area contributed by atoms with Gasteiger partial charge in [-0.1, -0.05) is 329 Å². The van der Waals surface area contributed by atoms with Gasteiger partial charge in [0.25, 0.3) is 6.71 Å². The van der Waals surface area contributed by atoms with E-state index in [4.69, 9.17) is 0 Å². The van der Waals surface area contributed by atoms with Crippen molar-refractivity contribution in [3.05, 3.63) is 380 Å². The lowest BCUT2D eigenvalue weighted by Gasteiger charge is -2.47. The molecular weight excluding hydrogens is 1390 g/mol. The number of aromatic nitrogens is 2. The smallest absolute Gasteiger partial charge is 0.252 e. The van der Waals surface area contributed by atoms with Crippen LogP contribution in [0, 0.1) is 0 Å². The van der Waals surface area contributed by atoms with Crippen molar-refractivity contribution in [2.24, 2.45) is 0 Å². The predicted molar refractivity (Wildman–Crippen MR) is 493 cm³/mol.